The minimum absolute atomic E-state index is 0.0146. The summed E-state index contributed by atoms with van der Waals surface area (Å²) in [6, 6.07) is 2.30. The van der Waals surface area contributed by atoms with Crippen LogP contribution >= 0.6 is 23.2 Å². The maximum atomic E-state index is 13.5. The van der Waals surface area contributed by atoms with E-state index in [2.05, 4.69) is 21.3 Å². The second-order valence-corrected chi connectivity index (χ2v) is 12.2. The van der Waals surface area contributed by atoms with Crippen LogP contribution in [0.4, 0.5) is 0 Å². The van der Waals surface area contributed by atoms with Crippen LogP contribution in [0.25, 0.3) is 0 Å². The smallest absolute Gasteiger partial charge is 0.289 e. The van der Waals surface area contributed by atoms with Crippen molar-refractivity contribution in [2.75, 3.05) is 6.54 Å². The van der Waals surface area contributed by atoms with E-state index in [0.717, 1.165) is 12.8 Å². The Morgan fingerprint density at radius 1 is 1.05 bits per heavy atom. The summed E-state index contributed by atoms with van der Waals surface area (Å²) in [5.41, 5.74) is -0.382. The Balaban J connectivity index is 1.73. The highest BCUT2D eigenvalue weighted by molar-refractivity contribution is 6.38. The topological polar surface area (TPSA) is 143 Å². The molecular formula is C27H36Cl2N4O6. The fraction of sp³-hybridized carbons (Fsp3) is 0.593. The van der Waals surface area contributed by atoms with Gasteiger partial charge < -0.3 is 26.0 Å². The molecule has 4 atom stereocenters. The summed E-state index contributed by atoms with van der Waals surface area (Å²) >= 11 is 12.1. The number of ketones is 1. The second kappa shape index (κ2) is 13.0. The molecule has 0 radical (unpaired) electrons. The Kier molecular flexibility index (Phi) is 10.2. The average molecular weight is 584 g/mol. The minimum atomic E-state index is -1.22. The van der Waals surface area contributed by atoms with E-state index in [4.69, 9.17) is 27.9 Å². The van der Waals surface area contributed by atoms with Gasteiger partial charge in [-0.1, -0.05) is 44.0 Å². The third-order valence-corrected chi connectivity index (χ3v) is 7.00. The summed E-state index contributed by atoms with van der Waals surface area (Å²) < 4.78 is 5.68. The molecule has 1 saturated carbocycles. The van der Waals surface area contributed by atoms with Gasteiger partial charge in [-0.25, -0.2) is 0 Å². The van der Waals surface area contributed by atoms with Crippen molar-refractivity contribution >= 4 is 52.6 Å². The quantitative estimate of drug-likeness (QED) is 0.279. The number of carbonyl (C=O) groups is 5. The number of hydrogen-bond acceptors (Lipinski definition) is 6. The molecule has 4 amide bonds. The summed E-state index contributed by atoms with van der Waals surface area (Å²) in [6.07, 6.45) is 1.29. The second-order valence-electron chi connectivity index (χ2n) is 11.3. The molecule has 2 fully saturated rings. The number of Topliss-reactive ketones (excluding diaryl/α,β-unsaturated/α-hetero) is 1. The van der Waals surface area contributed by atoms with Gasteiger partial charge in [0.2, 0.25) is 17.6 Å². The van der Waals surface area contributed by atoms with Gasteiger partial charge in [0.25, 0.3) is 11.8 Å². The highest BCUT2D eigenvalue weighted by Crippen LogP contribution is 2.28. The maximum Gasteiger partial charge on any atom is 0.289 e. The van der Waals surface area contributed by atoms with Crippen LogP contribution in [0.3, 0.4) is 0 Å². The van der Waals surface area contributed by atoms with Crippen LogP contribution in [-0.2, 0) is 24.0 Å². The number of benzene rings is 1. The first-order chi connectivity index (χ1) is 18.2. The Hall–Kier alpha value is -2.85. The van der Waals surface area contributed by atoms with Crippen molar-refractivity contribution in [3.05, 3.63) is 28.2 Å². The Labute approximate surface area is 238 Å². The SMILES string of the molecule is CC(Oc1ccc(Cl)cc1Cl)C(=O)N[C@@H](CC(C)(C)C)C(=O)NC(CC1CCNC1=O)C(=O)C(=O)NC1CC1. The summed E-state index contributed by atoms with van der Waals surface area (Å²) in [7, 11) is 0. The van der Waals surface area contributed by atoms with Gasteiger partial charge in [-0.2, -0.15) is 0 Å². The summed E-state index contributed by atoms with van der Waals surface area (Å²) in [5.74, 6) is -3.30. The molecule has 214 valence electrons. The van der Waals surface area contributed by atoms with E-state index in [1.807, 2.05) is 20.8 Å². The molecule has 10 nitrogen and oxygen atoms in total. The lowest BCUT2D eigenvalue weighted by Gasteiger charge is -2.29. The standard InChI is InChI=1S/C27H36Cl2N4O6/c1-14(39-21-8-5-16(28)12-18(21)29)23(35)33-20(13-27(2,3)4)25(37)32-19(11-15-9-10-30-24(15)36)22(34)26(38)31-17-6-7-17/h5,8,12,14-15,17,19-20H,6-7,9-11,13H2,1-4H3,(H,30,36)(H,31,38)(H,32,37)(H,33,35)/t14?,15?,19?,20-/m0/s1. The van der Waals surface area contributed by atoms with Crippen molar-refractivity contribution < 1.29 is 28.7 Å². The van der Waals surface area contributed by atoms with Gasteiger partial charge in [-0.15, -0.1) is 0 Å². The number of halogens is 2. The van der Waals surface area contributed by atoms with Crippen LogP contribution in [0.5, 0.6) is 5.75 Å². The molecule has 2 aliphatic rings. The van der Waals surface area contributed by atoms with E-state index in [0.29, 0.717) is 18.0 Å². The molecule has 3 rings (SSSR count). The Morgan fingerprint density at radius 3 is 2.28 bits per heavy atom. The molecule has 0 bridgehead atoms. The highest BCUT2D eigenvalue weighted by Gasteiger charge is 2.38. The molecule has 39 heavy (non-hydrogen) atoms. The van der Waals surface area contributed by atoms with Crippen molar-refractivity contribution in [1.82, 2.24) is 21.3 Å². The number of ether oxygens (including phenoxy) is 1. The van der Waals surface area contributed by atoms with Crippen LogP contribution < -0.4 is 26.0 Å². The lowest BCUT2D eigenvalue weighted by Crippen LogP contribution is -2.56. The molecule has 0 spiro atoms. The molecule has 1 aliphatic heterocycles. The predicted octanol–water partition coefficient (Wildman–Crippen LogP) is 2.54. The highest BCUT2D eigenvalue weighted by atomic mass is 35.5. The van der Waals surface area contributed by atoms with Crippen LogP contribution in [0, 0.1) is 11.3 Å². The number of carbonyl (C=O) groups excluding carboxylic acids is 5. The summed E-state index contributed by atoms with van der Waals surface area (Å²) in [6.45, 7) is 7.69. The summed E-state index contributed by atoms with van der Waals surface area (Å²) in [5, 5.41) is 11.3. The van der Waals surface area contributed by atoms with Crippen molar-refractivity contribution in [1.29, 1.82) is 0 Å². The Bertz CT molecular complexity index is 1120. The molecule has 1 aromatic carbocycles. The summed E-state index contributed by atoms with van der Waals surface area (Å²) in [4.78, 5) is 64.3. The van der Waals surface area contributed by atoms with Crippen molar-refractivity contribution in [3.63, 3.8) is 0 Å². The van der Waals surface area contributed by atoms with Gasteiger partial charge in [0, 0.05) is 23.5 Å². The van der Waals surface area contributed by atoms with Gasteiger partial charge in [0.05, 0.1) is 11.1 Å². The Morgan fingerprint density at radius 2 is 1.72 bits per heavy atom. The predicted molar refractivity (Wildman–Crippen MR) is 146 cm³/mol. The molecule has 1 heterocycles. The zero-order valence-corrected chi connectivity index (χ0v) is 24.1. The van der Waals surface area contributed by atoms with Gasteiger partial charge in [-0.3, -0.25) is 24.0 Å². The molecule has 1 aliphatic carbocycles. The zero-order chi connectivity index (χ0) is 28.9. The van der Waals surface area contributed by atoms with Gasteiger partial charge in [0.1, 0.15) is 11.8 Å². The van der Waals surface area contributed by atoms with Gasteiger partial charge >= 0.3 is 0 Å². The van der Waals surface area contributed by atoms with Crippen molar-refractivity contribution in [3.8, 4) is 5.75 Å². The van der Waals surface area contributed by atoms with E-state index in [1.165, 1.54) is 19.1 Å². The van der Waals surface area contributed by atoms with Crippen molar-refractivity contribution in [2.45, 2.75) is 84.0 Å². The average Bonchev–Trinajstić information content (AvgIpc) is 3.57. The molecule has 1 saturated heterocycles. The maximum absolute atomic E-state index is 13.5. The van der Waals surface area contributed by atoms with Gasteiger partial charge in [0.15, 0.2) is 6.10 Å². The van der Waals surface area contributed by atoms with Gasteiger partial charge in [-0.05, 0) is 62.6 Å². The normalized spacial score (nSPS) is 19.3. The monoisotopic (exact) mass is 582 g/mol. The van der Waals surface area contributed by atoms with E-state index < -0.39 is 47.6 Å². The first-order valence-corrected chi connectivity index (χ1v) is 13.8. The first kappa shape index (κ1) is 30.7. The third-order valence-electron chi connectivity index (χ3n) is 6.47. The van der Waals surface area contributed by atoms with Crippen LogP contribution in [0.2, 0.25) is 10.0 Å². The van der Waals surface area contributed by atoms with Crippen molar-refractivity contribution in [2.24, 2.45) is 11.3 Å². The molecular weight excluding hydrogens is 547 g/mol. The van der Waals surface area contributed by atoms with E-state index in [9.17, 15) is 24.0 Å². The lowest BCUT2D eigenvalue weighted by atomic mass is 9.87. The lowest BCUT2D eigenvalue weighted by molar-refractivity contribution is -0.141. The molecule has 1 aromatic rings. The number of amides is 4. The fourth-order valence-corrected chi connectivity index (χ4v) is 4.68. The third kappa shape index (κ3) is 9.39. The van der Waals surface area contributed by atoms with Crippen LogP contribution in [0.15, 0.2) is 18.2 Å². The van der Waals surface area contributed by atoms with E-state index in [1.54, 1.807) is 6.07 Å². The first-order valence-electron chi connectivity index (χ1n) is 13.1. The van der Waals surface area contributed by atoms with Crippen LogP contribution in [0.1, 0.15) is 59.8 Å². The molecule has 4 N–H and O–H groups in total. The molecule has 3 unspecified atom stereocenters. The van der Waals surface area contributed by atoms with E-state index in [-0.39, 0.29) is 41.0 Å². The largest absolute Gasteiger partial charge is 0.479 e. The number of rotatable bonds is 12. The van der Waals surface area contributed by atoms with Crippen LogP contribution in [-0.4, -0.2) is 60.2 Å². The number of nitrogens with one attached hydrogen (secondary N) is 4. The number of hydrogen-bond donors (Lipinski definition) is 4. The zero-order valence-electron chi connectivity index (χ0n) is 22.6. The molecule has 12 heteroatoms. The molecule has 0 aromatic heterocycles. The fourth-order valence-electron chi connectivity index (χ4n) is 4.23. The van der Waals surface area contributed by atoms with E-state index >= 15 is 0 Å². The minimum Gasteiger partial charge on any atom is -0.479 e.